The number of rotatable bonds is 27. The van der Waals surface area contributed by atoms with E-state index in [0.29, 0.717) is 82.0 Å². The van der Waals surface area contributed by atoms with Crippen molar-refractivity contribution >= 4 is 85.3 Å². The molecule has 4 saturated carbocycles. The molecule has 19 nitrogen and oxygen atoms in total. The van der Waals surface area contributed by atoms with E-state index in [1.54, 1.807) is 72.5 Å². The van der Waals surface area contributed by atoms with E-state index in [-0.39, 0.29) is 51.0 Å². The van der Waals surface area contributed by atoms with Gasteiger partial charge in [0.25, 0.3) is 22.6 Å². The molecule has 11 aromatic carbocycles. The molecular weight excluding hydrogens is 2020 g/mol. The number of thiophene rings is 1. The van der Waals surface area contributed by atoms with Crippen molar-refractivity contribution in [2.45, 2.75) is 297 Å². The number of hydrogen-bond donors (Lipinski definition) is 3. The minimum atomic E-state index is -4.30. The maximum atomic E-state index is 12.8. The van der Waals surface area contributed by atoms with Gasteiger partial charge in [0.2, 0.25) is 0 Å². The Morgan fingerprint density at radius 3 is 1.23 bits per heavy atom. The highest BCUT2D eigenvalue weighted by Gasteiger charge is 2.57. The first-order chi connectivity index (χ1) is 69.5. The Morgan fingerprint density at radius 1 is 0.486 bits per heavy atom. The second-order valence-corrected chi connectivity index (χ2v) is 46.5. The van der Waals surface area contributed by atoms with E-state index in [4.69, 9.17) is 38.7 Å². The van der Waals surface area contributed by atoms with E-state index in [1.165, 1.54) is 113 Å². The molecule has 4 aliphatic rings. The summed E-state index contributed by atoms with van der Waals surface area (Å²) in [5.74, 6) is 9.67. The number of carbonyl (C=O) groups excluding carboxylic acids is 2. The zero-order chi connectivity index (χ0) is 107. The summed E-state index contributed by atoms with van der Waals surface area (Å²) in [7, 11) is -6.95. The number of oxazole rings is 1. The molecule has 4 bridgehead atoms. The van der Waals surface area contributed by atoms with Crippen molar-refractivity contribution in [3.05, 3.63) is 331 Å². The average molecular weight is 2180 g/mol. The van der Waals surface area contributed by atoms with Gasteiger partial charge in [-0.1, -0.05) is 232 Å². The summed E-state index contributed by atoms with van der Waals surface area (Å²) in [6.07, 6.45) is 15.9. The fourth-order valence-electron chi connectivity index (χ4n) is 17.3. The van der Waals surface area contributed by atoms with Crippen LogP contribution in [0.1, 0.15) is 329 Å². The lowest BCUT2D eigenvalue weighted by atomic mass is 9.50. The van der Waals surface area contributed by atoms with Gasteiger partial charge in [-0.15, -0.1) is 21.5 Å². The number of nitrogens with zero attached hydrogens (tertiary/aromatic N) is 3. The number of phenols is 2. The van der Waals surface area contributed by atoms with Gasteiger partial charge in [0.05, 0.1) is 22.5 Å². The highest BCUT2D eigenvalue weighted by atomic mass is 127. The highest BCUT2D eigenvalue weighted by Crippen LogP contribution is 2.60. The smallest absolute Gasteiger partial charge is 0.344 e. The Hall–Kier alpha value is -10.7. The van der Waals surface area contributed by atoms with Crippen LogP contribution < -0.4 is 32.1 Å². The standard InChI is InChI=1S/C22H30O2.C20H17OS.C16H24O3.C11H13NO.2C10H14O3S.2C10H14O.C7H8IO.C6H10N2S/c1-4-14(2)17-5-7-18(8-6-17)21(23)24-22(3)19-10-15-9-16(12-19)13-20(22)11-15;21-14-13-15-9-11-16(12-10-15)22-19-7-3-1-5-17(19)18-6-2-4-8-20(18)22;1-6-12(2)13-7-9-14(10-8-13)18-11-15(17)19-16(3,4)5;1-3-8(2)11-12-9-6-4-5-7-10(9)13-11;2*1-3-8(2)9-4-6-10(7-5-9)14(11,12)13;2*1-3-8(2)9-4-6-10(11)7-5-9;1-9-7-4-2-6(8)3-5-7;1-3-5(2)6-8-7-4-9-6/h5-8,14-16,19-20H,4,9-13H2,1-3H3;1-12,21H,13-14H2;7-10,12H,6,11H2,1-5H3;4-8H,3H2,1-2H3;2*4-8H,3H2,1-2H3,(H,11,12,13);2*4-8,11H,3H2,1-2H3;2-5,8H,1H3;4-5H,3H2,1-2H3/q;+1;;;;;;;+1;/p-2. The minimum absolute atomic E-state index is 0.0153. The van der Waals surface area contributed by atoms with Gasteiger partial charge in [0.15, 0.2) is 35.9 Å². The number of halogens is 1. The van der Waals surface area contributed by atoms with Gasteiger partial charge in [-0.3, -0.25) is 0 Å². The fraction of sp³-hybridized carbons (Fsp3) is 0.418. The first-order valence-electron chi connectivity index (χ1n) is 51.6. The van der Waals surface area contributed by atoms with E-state index < -0.39 is 25.8 Å². The molecule has 146 heavy (non-hydrogen) atoms. The second-order valence-electron chi connectivity index (χ2n) is 39.5. The van der Waals surface area contributed by atoms with Gasteiger partial charge in [0, 0.05) is 39.7 Å². The quantitative estimate of drug-likeness (QED) is 0.0186. The predicted molar refractivity (Wildman–Crippen MR) is 593 cm³/mol. The lowest BCUT2D eigenvalue weighted by Crippen LogP contribution is -3.34. The molecule has 24 heteroatoms. The second kappa shape index (κ2) is 59.5. The van der Waals surface area contributed by atoms with Crippen LogP contribution in [0.2, 0.25) is 0 Å². The van der Waals surface area contributed by atoms with Crippen molar-refractivity contribution < 1.29 is 96.8 Å². The minimum Gasteiger partial charge on any atom is -0.744 e. The van der Waals surface area contributed by atoms with Crippen LogP contribution in [0, 0.1) is 27.2 Å². The molecule has 786 valence electrons. The number of hydrogen-bond acceptors (Lipinski definition) is 20. The van der Waals surface area contributed by atoms with E-state index in [9.17, 15) is 35.5 Å². The van der Waals surface area contributed by atoms with Crippen molar-refractivity contribution in [3.63, 3.8) is 0 Å². The zero-order valence-corrected chi connectivity index (χ0v) is 94.9. The van der Waals surface area contributed by atoms with Crippen LogP contribution in [0.15, 0.2) is 287 Å². The number of esters is 2. The molecule has 3 aromatic heterocycles. The van der Waals surface area contributed by atoms with Crippen molar-refractivity contribution in [2.75, 3.05) is 20.3 Å². The van der Waals surface area contributed by atoms with Crippen molar-refractivity contribution in [3.8, 4) is 27.9 Å². The highest BCUT2D eigenvalue weighted by molar-refractivity contribution is 7.86. The van der Waals surface area contributed by atoms with E-state index >= 15 is 0 Å². The van der Waals surface area contributed by atoms with Gasteiger partial charge < -0.3 is 47.8 Å². The number of methoxy groups -OCH3 is 1. The number of aliphatic hydroxyl groups is 1. The first-order valence-corrected chi connectivity index (χ1v) is 57.7. The number of ether oxygens (including phenoxy) is 4. The van der Waals surface area contributed by atoms with Crippen LogP contribution in [0.5, 0.6) is 23.0 Å². The Labute approximate surface area is 890 Å². The van der Waals surface area contributed by atoms with Crippen molar-refractivity contribution in [1.82, 2.24) is 15.2 Å². The molecule has 8 atom stereocenters. The number of aromatic hydroxyl groups is 2. The molecule has 8 unspecified atom stereocenters. The number of para-hydroxylation sites is 2. The van der Waals surface area contributed by atoms with Crippen LogP contribution in [0.25, 0.3) is 36.2 Å². The molecule has 0 amide bonds. The molecule has 18 rings (SSSR count). The summed E-state index contributed by atoms with van der Waals surface area (Å²) in [5, 5.41) is 38.7. The summed E-state index contributed by atoms with van der Waals surface area (Å²) in [4.78, 5) is 29.7. The molecule has 0 radical (unpaired) electrons. The molecule has 4 aliphatic carbocycles. The molecule has 0 spiro atoms. The third-order valence-electron chi connectivity index (χ3n) is 28.0. The molecule has 3 N–H and O–H groups in total. The maximum Gasteiger partial charge on any atom is 0.344 e. The molecule has 0 saturated heterocycles. The van der Waals surface area contributed by atoms with Gasteiger partial charge in [-0.2, -0.15) is 0 Å². The SMILES string of the molecule is CCC(C)c1ccc(C(=O)OC2(C)C3CC4CC(C3)CC2C4)cc1.CCC(C)c1ccc(O)cc1.CCC(C)c1ccc(O)cc1.CCC(C)c1ccc(OCC(=O)OC(C)(C)C)cc1.CCC(C)c1ccc(S(=O)(=O)[O-])cc1.CCC(C)c1ccc(S(=O)(=O)[O-])cc1.CCC(C)c1nc2ccccc2o1.CCC(C)c1nncs1.COc1ccc([IH+])cc1.OCCc1ccc(-[s+]2c3ccccc3c3ccccc32)cc1. The molecule has 14 aromatic rings. The monoisotopic (exact) mass is 2170 g/mol. The first kappa shape index (κ1) is 121. The number of phenolic OH excluding ortho intramolecular Hbond substituents is 2. The summed E-state index contributed by atoms with van der Waals surface area (Å²) in [5.41, 5.74) is 12.1. The number of aliphatic hydroxyl groups excluding tert-OH is 1. The Bertz CT molecular complexity index is 6190. The molecule has 4 fully saturated rings. The third kappa shape index (κ3) is 37.6. The summed E-state index contributed by atoms with van der Waals surface area (Å²) < 4.78 is 95.2. The Balaban J connectivity index is 0.000000201. The topological polar surface area (TPSA) is 298 Å². The third-order valence-corrected chi connectivity index (χ3v) is 33.7. The van der Waals surface area contributed by atoms with Crippen molar-refractivity contribution in [1.29, 1.82) is 0 Å². The number of carbonyl (C=O) groups is 2. The molecule has 0 aliphatic heterocycles. The van der Waals surface area contributed by atoms with E-state index in [0.717, 1.165) is 108 Å². The maximum absolute atomic E-state index is 12.8. The van der Waals surface area contributed by atoms with Gasteiger partial charge in [0.1, 0.15) is 70.5 Å². The van der Waals surface area contributed by atoms with Crippen LogP contribution in [0.4, 0.5) is 0 Å². The zero-order valence-electron chi connectivity index (χ0n) is 89.3. The Morgan fingerprint density at radius 2 is 0.863 bits per heavy atom. The summed E-state index contributed by atoms with van der Waals surface area (Å²) >= 11 is 3.62. The van der Waals surface area contributed by atoms with Crippen molar-refractivity contribution in [2.24, 2.45) is 23.7 Å². The number of fused-ring (bicyclic) bond motifs is 4. The lowest BCUT2D eigenvalue weighted by molar-refractivity contribution is -0.328. The van der Waals surface area contributed by atoms with E-state index in [1.807, 2.05) is 153 Å². The number of benzene rings is 11. The molecule has 3 heterocycles. The van der Waals surface area contributed by atoms with Crippen LogP contribution >= 0.6 is 21.8 Å². The Kier molecular flexibility index (Phi) is 49.1. The predicted octanol–water partition coefficient (Wildman–Crippen LogP) is 28.3. The van der Waals surface area contributed by atoms with E-state index in [2.05, 4.69) is 218 Å². The average Bonchev–Trinajstić information content (AvgIpc) is 1.03. The molecular formula is C122H156IN3O16S4. The summed E-state index contributed by atoms with van der Waals surface area (Å²) in [6, 6.07) is 85.0. The largest absolute Gasteiger partial charge is 0.744 e. The van der Waals surface area contributed by atoms with Crippen LogP contribution in [-0.4, -0.2) is 99.9 Å². The number of aromatic nitrogens is 3. The van der Waals surface area contributed by atoms with Gasteiger partial charge >= 0.3 is 11.9 Å². The van der Waals surface area contributed by atoms with Crippen LogP contribution in [0.3, 0.4) is 0 Å². The normalized spacial score (nSPS) is 16.9. The van der Waals surface area contributed by atoms with Gasteiger partial charge in [-0.25, -0.2) is 31.4 Å². The summed E-state index contributed by atoms with van der Waals surface area (Å²) in [6.45, 7) is 42.2. The van der Waals surface area contributed by atoms with Crippen LogP contribution in [-0.2, 0) is 40.9 Å². The lowest BCUT2D eigenvalue weighted by Gasteiger charge is -2.59. The fourth-order valence-corrected chi connectivity index (χ4v) is 21.7. The van der Waals surface area contributed by atoms with Gasteiger partial charge in [-0.05, 0) is 361 Å².